The highest BCUT2D eigenvalue weighted by Crippen LogP contribution is 2.36. The Hall–Kier alpha value is -0.910. The van der Waals surface area contributed by atoms with E-state index in [0.717, 1.165) is 60.9 Å². The second kappa shape index (κ2) is 16.8. The average molecular weight is 755 g/mol. The normalized spacial score (nSPS) is 11.3. The van der Waals surface area contributed by atoms with Gasteiger partial charge >= 0.3 is 0 Å². The Balaban J connectivity index is 1.77. The number of carbonyl (C=O) groups excluding carboxylic acids is 1. The lowest BCUT2D eigenvalue weighted by molar-refractivity contribution is -0.116. The van der Waals surface area contributed by atoms with Gasteiger partial charge in [0.2, 0.25) is 5.91 Å². The van der Waals surface area contributed by atoms with E-state index in [9.17, 15) is 4.79 Å². The molecule has 10 heteroatoms. The molecule has 0 spiro atoms. The highest BCUT2D eigenvalue weighted by Gasteiger charge is 2.10. The van der Waals surface area contributed by atoms with Crippen molar-refractivity contribution in [3.63, 3.8) is 0 Å². The van der Waals surface area contributed by atoms with E-state index in [1.807, 2.05) is 19.2 Å². The Morgan fingerprint density at radius 1 is 0.889 bits per heavy atom. The van der Waals surface area contributed by atoms with Crippen molar-refractivity contribution in [2.45, 2.75) is 19.3 Å². The Morgan fingerprint density at radius 2 is 1.42 bits per heavy atom. The number of hydrogen-bond acceptors (Lipinski definition) is 5. The molecule has 6 nitrogen and oxygen atoms in total. The third kappa shape index (κ3) is 11.2. The first-order valence-corrected chi connectivity index (χ1v) is 14.9. The molecule has 0 unspecified atom stereocenters. The number of nitrogens with one attached hydrogen (secondary N) is 2. The number of likely N-dealkylation sites (N-methyl/N-ethyl adjacent to an activating group) is 1. The summed E-state index contributed by atoms with van der Waals surface area (Å²) in [6, 6.07) is 8.04. The van der Waals surface area contributed by atoms with Crippen molar-refractivity contribution in [2.24, 2.45) is 0 Å². The van der Waals surface area contributed by atoms with Crippen LogP contribution in [0.2, 0.25) is 0 Å². The van der Waals surface area contributed by atoms with Crippen molar-refractivity contribution in [1.29, 1.82) is 0 Å². The maximum atomic E-state index is 12.2. The van der Waals surface area contributed by atoms with Gasteiger partial charge in [0.15, 0.2) is 0 Å². The van der Waals surface area contributed by atoms with E-state index in [-0.39, 0.29) is 5.91 Å². The first-order chi connectivity index (χ1) is 17.2. The number of hydrogen-bond donors (Lipinski definition) is 2. The van der Waals surface area contributed by atoms with Gasteiger partial charge in [0.25, 0.3) is 0 Å². The Labute approximate surface area is 248 Å². The molecule has 0 radical (unpaired) electrons. The fourth-order valence-electron chi connectivity index (χ4n) is 3.17. The summed E-state index contributed by atoms with van der Waals surface area (Å²) in [5.41, 5.74) is 2.12. The van der Waals surface area contributed by atoms with E-state index in [2.05, 4.69) is 105 Å². The zero-order valence-electron chi connectivity index (χ0n) is 20.8. The first-order valence-electron chi connectivity index (χ1n) is 11.7. The molecule has 0 atom stereocenters. The number of carbonyl (C=O) groups is 1. The average Bonchev–Trinajstić information content (AvgIpc) is 2.81. The van der Waals surface area contributed by atoms with Crippen molar-refractivity contribution in [3.8, 4) is 11.5 Å². The van der Waals surface area contributed by atoms with Gasteiger partial charge in [0.05, 0.1) is 31.1 Å². The third-order valence-electron chi connectivity index (χ3n) is 5.04. The molecule has 0 aliphatic heterocycles. The van der Waals surface area contributed by atoms with E-state index in [1.54, 1.807) is 6.08 Å². The Morgan fingerprint density at radius 3 is 1.94 bits per heavy atom. The summed E-state index contributed by atoms with van der Waals surface area (Å²) in [6.07, 6.45) is 5.88. The number of amides is 1. The number of nitrogens with zero attached hydrogens (tertiary/aromatic N) is 1. The van der Waals surface area contributed by atoms with Gasteiger partial charge in [0, 0.05) is 19.2 Å². The van der Waals surface area contributed by atoms with Crippen LogP contribution in [0.25, 0.3) is 6.08 Å². The minimum atomic E-state index is -0.151. The van der Waals surface area contributed by atoms with E-state index in [4.69, 9.17) is 9.47 Å². The van der Waals surface area contributed by atoms with Crippen molar-refractivity contribution < 1.29 is 14.3 Å². The fraction of sp³-hybridized carbons (Fsp3) is 0.423. The number of rotatable bonds is 15. The lowest BCUT2D eigenvalue weighted by Crippen LogP contribution is -2.23. The van der Waals surface area contributed by atoms with Crippen LogP contribution >= 0.6 is 63.7 Å². The zero-order valence-corrected chi connectivity index (χ0v) is 27.1. The maximum Gasteiger partial charge on any atom is 0.244 e. The van der Waals surface area contributed by atoms with Crippen molar-refractivity contribution in [3.05, 3.63) is 59.4 Å². The lowest BCUT2D eigenvalue weighted by Gasteiger charge is -2.14. The molecule has 0 heterocycles. The van der Waals surface area contributed by atoms with Crippen molar-refractivity contribution in [2.75, 3.05) is 54.0 Å². The summed E-state index contributed by atoms with van der Waals surface area (Å²) in [7, 11) is 6.05. The van der Waals surface area contributed by atoms with E-state index < -0.39 is 0 Å². The molecule has 0 aliphatic carbocycles. The molecule has 0 aliphatic rings. The summed E-state index contributed by atoms with van der Waals surface area (Å²) < 4.78 is 15.3. The number of halogens is 4. The van der Waals surface area contributed by atoms with Gasteiger partial charge in [-0.05, 0) is 152 Å². The third-order valence-corrected chi connectivity index (χ3v) is 7.39. The smallest absolute Gasteiger partial charge is 0.244 e. The van der Waals surface area contributed by atoms with E-state index >= 15 is 0 Å². The SMILES string of the molecule is CNCCCOc1c(Br)cc(/C=C/C(=O)NCCCOc2c(Br)cc(CCN(C)C)cc2Br)cc1Br. The maximum absolute atomic E-state index is 12.2. The minimum absolute atomic E-state index is 0.151. The van der Waals surface area contributed by atoms with Crippen LogP contribution in [0.15, 0.2) is 48.2 Å². The Kier molecular flexibility index (Phi) is 14.6. The zero-order chi connectivity index (χ0) is 26.5. The molecule has 2 N–H and O–H groups in total. The van der Waals surface area contributed by atoms with E-state index in [1.165, 1.54) is 11.6 Å². The van der Waals surface area contributed by atoms with E-state index in [0.29, 0.717) is 26.2 Å². The van der Waals surface area contributed by atoms with Crippen LogP contribution in [0.4, 0.5) is 0 Å². The summed E-state index contributed by atoms with van der Waals surface area (Å²) in [5.74, 6) is 1.39. The number of ether oxygens (including phenoxy) is 2. The molecule has 1 amide bonds. The summed E-state index contributed by atoms with van der Waals surface area (Å²) >= 11 is 14.3. The predicted molar refractivity (Wildman–Crippen MR) is 162 cm³/mol. The predicted octanol–water partition coefficient (Wildman–Crippen LogP) is 6.43. The van der Waals surface area contributed by atoms with Crippen LogP contribution in [0.5, 0.6) is 11.5 Å². The van der Waals surface area contributed by atoms with Crippen LogP contribution in [0.1, 0.15) is 24.0 Å². The quantitative estimate of drug-likeness (QED) is 0.162. The van der Waals surface area contributed by atoms with Gasteiger partial charge in [-0.2, -0.15) is 0 Å². The van der Waals surface area contributed by atoms with Crippen LogP contribution in [0, 0.1) is 0 Å². The molecule has 0 fully saturated rings. The molecule has 2 aromatic carbocycles. The van der Waals surface area contributed by atoms with Crippen LogP contribution in [-0.4, -0.2) is 64.8 Å². The van der Waals surface area contributed by atoms with Crippen LogP contribution < -0.4 is 20.1 Å². The van der Waals surface area contributed by atoms with Crippen molar-refractivity contribution >= 4 is 75.7 Å². The Bertz CT molecular complexity index is 985. The molecule has 0 bridgehead atoms. The molecule has 2 aromatic rings. The second-order valence-electron chi connectivity index (χ2n) is 8.39. The van der Waals surface area contributed by atoms with Crippen molar-refractivity contribution in [1.82, 2.24) is 15.5 Å². The van der Waals surface area contributed by atoms with Crippen LogP contribution in [-0.2, 0) is 11.2 Å². The fourth-order valence-corrected chi connectivity index (χ4v) is 6.13. The van der Waals surface area contributed by atoms with Gasteiger partial charge in [0.1, 0.15) is 11.5 Å². The lowest BCUT2D eigenvalue weighted by atomic mass is 10.1. The standard InChI is InChI=1S/C26H33Br4N3O3/c1-31-9-4-12-35-25-20(27)14-18(15-21(25)28)6-7-24(34)32-10-5-13-36-26-22(29)16-19(17-23(26)30)8-11-33(2)3/h6-7,14-17,31H,4-5,8-13H2,1-3H3,(H,32,34)/b7-6+. The summed E-state index contributed by atoms with van der Waals surface area (Å²) in [5, 5.41) is 6.00. The van der Waals surface area contributed by atoms with Gasteiger partial charge in [-0.3, -0.25) is 4.79 Å². The molecule has 198 valence electrons. The monoisotopic (exact) mass is 751 g/mol. The minimum Gasteiger partial charge on any atom is -0.491 e. The molecule has 0 aromatic heterocycles. The van der Waals surface area contributed by atoms with Gasteiger partial charge in [-0.15, -0.1) is 0 Å². The van der Waals surface area contributed by atoms with Crippen LogP contribution in [0.3, 0.4) is 0 Å². The topological polar surface area (TPSA) is 62.8 Å². The molecular weight excluding hydrogens is 722 g/mol. The molecule has 0 saturated carbocycles. The molecular formula is C26H33Br4N3O3. The van der Waals surface area contributed by atoms with Gasteiger partial charge < -0.3 is 25.0 Å². The molecule has 36 heavy (non-hydrogen) atoms. The highest BCUT2D eigenvalue weighted by atomic mass is 79.9. The number of benzene rings is 2. The summed E-state index contributed by atoms with van der Waals surface area (Å²) in [4.78, 5) is 14.4. The highest BCUT2D eigenvalue weighted by molar-refractivity contribution is 9.11. The largest absolute Gasteiger partial charge is 0.491 e. The molecule has 0 saturated heterocycles. The van der Waals surface area contributed by atoms with Gasteiger partial charge in [-0.1, -0.05) is 0 Å². The molecule has 2 rings (SSSR count). The van der Waals surface area contributed by atoms with Gasteiger partial charge in [-0.25, -0.2) is 0 Å². The second-order valence-corrected chi connectivity index (χ2v) is 11.8. The first kappa shape index (κ1) is 31.3. The summed E-state index contributed by atoms with van der Waals surface area (Å²) in [6.45, 7) is 3.52.